The summed E-state index contributed by atoms with van der Waals surface area (Å²) in [5, 5.41) is 9.58. The van der Waals surface area contributed by atoms with Gasteiger partial charge in [0.25, 0.3) is 5.95 Å². The lowest BCUT2D eigenvalue weighted by Crippen LogP contribution is -2.52. The number of para-hydroxylation sites is 1. The highest BCUT2D eigenvalue weighted by Gasteiger charge is 2.40. The van der Waals surface area contributed by atoms with Crippen molar-refractivity contribution in [1.29, 1.82) is 0 Å². The fraction of sp³-hybridized carbons (Fsp3) is 0.625. The number of benzene rings is 1. The van der Waals surface area contributed by atoms with E-state index < -0.39 is 0 Å². The van der Waals surface area contributed by atoms with E-state index in [1.165, 1.54) is 10.7 Å². The molecular weight excluding hydrogens is 425 g/mol. The summed E-state index contributed by atoms with van der Waals surface area (Å²) in [5.74, 6) is 0.907. The van der Waals surface area contributed by atoms with Gasteiger partial charge in [0.2, 0.25) is 5.89 Å². The molecule has 8 nitrogen and oxygen atoms in total. The summed E-state index contributed by atoms with van der Waals surface area (Å²) in [6.07, 6.45) is 4.06. The van der Waals surface area contributed by atoms with Gasteiger partial charge in [-0.05, 0) is 42.8 Å². The first-order valence-electron chi connectivity index (χ1n) is 11.9. The summed E-state index contributed by atoms with van der Waals surface area (Å²) in [6, 6.07) is 6.04. The van der Waals surface area contributed by atoms with Crippen molar-refractivity contribution in [3.63, 3.8) is 0 Å². The second-order valence-corrected chi connectivity index (χ2v) is 9.42. The maximum Gasteiger partial charge on any atom is 0.291 e. The van der Waals surface area contributed by atoms with Gasteiger partial charge in [-0.25, -0.2) is 4.39 Å². The van der Waals surface area contributed by atoms with E-state index in [1.807, 2.05) is 19.9 Å². The molecule has 1 aliphatic carbocycles. The summed E-state index contributed by atoms with van der Waals surface area (Å²) in [7, 11) is 1.75. The molecule has 2 aliphatic rings. The average Bonchev–Trinajstić information content (AvgIpc) is 3.41. The van der Waals surface area contributed by atoms with Crippen LogP contribution in [0.5, 0.6) is 0 Å². The lowest BCUT2D eigenvalue weighted by atomic mass is 9.78. The second kappa shape index (κ2) is 9.48. The van der Waals surface area contributed by atoms with Crippen LogP contribution in [0.15, 0.2) is 22.7 Å². The van der Waals surface area contributed by atoms with Gasteiger partial charge in [-0.1, -0.05) is 26.0 Å². The summed E-state index contributed by atoms with van der Waals surface area (Å²) in [4.78, 5) is 7.20. The molecule has 178 valence electrons. The number of nitrogens with zero attached hydrogens (tertiary/aromatic N) is 5. The number of aromatic nitrogens is 4. The number of hydrogen-bond donors (Lipinski definition) is 0. The van der Waals surface area contributed by atoms with Crippen LogP contribution in [0.25, 0.3) is 16.9 Å². The molecule has 9 heteroatoms. The molecule has 5 rings (SSSR count). The largest absolute Gasteiger partial charge is 0.383 e. The van der Waals surface area contributed by atoms with Crippen molar-refractivity contribution in [3.8, 4) is 5.95 Å². The lowest BCUT2D eigenvalue weighted by molar-refractivity contribution is -0.0186. The summed E-state index contributed by atoms with van der Waals surface area (Å²) in [6.45, 7) is 7.37. The molecule has 1 aromatic carbocycles. The van der Waals surface area contributed by atoms with Crippen LogP contribution in [0.3, 0.4) is 0 Å². The van der Waals surface area contributed by atoms with E-state index in [0.717, 1.165) is 63.1 Å². The number of fused-ring (bicyclic) bond motifs is 1. The average molecular weight is 458 g/mol. The Morgan fingerprint density at radius 3 is 2.73 bits per heavy atom. The van der Waals surface area contributed by atoms with Gasteiger partial charge in [0.1, 0.15) is 11.3 Å². The molecule has 33 heavy (non-hydrogen) atoms. The second-order valence-electron chi connectivity index (χ2n) is 9.42. The molecule has 1 aliphatic heterocycles. The normalized spacial score (nSPS) is 21.9. The van der Waals surface area contributed by atoms with Crippen molar-refractivity contribution >= 4 is 10.9 Å². The minimum absolute atomic E-state index is 0.151. The lowest BCUT2D eigenvalue weighted by Gasteiger charge is -2.46. The third-order valence-electron chi connectivity index (χ3n) is 6.99. The number of hydrogen-bond acceptors (Lipinski definition) is 7. The van der Waals surface area contributed by atoms with Crippen LogP contribution in [-0.2, 0) is 9.47 Å². The van der Waals surface area contributed by atoms with Gasteiger partial charge in [0.15, 0.2) is 0 Å². The highest BCUT2D eigenvalue weighted by atomic mass is 19.1. The van der Waals surface area contributed by atoms with Crippen molar-refractivity contribution in [2.24, 2.45) is 0 Å². The Kier molecular flexibility index (Phi) is 6.44. The Labute approximate surface area is 193 Å². The van der Waals surface area contributed by atoms with Gasteiger partial charge in [-0.15, -0.1) is 0 Å². The van der Waals surface area contributed by atoms with E-state index in [-0.39, 0.29) is 23.6 Å². The third kappa shape index (κ3) is 4.29. The van der Waals surface area contributed by atoms with Crippen LogP contribution in [0, 0.1) is 5.82 Å². The number of ether oxygens (including phenoxy) is 2. The summed E-state index contributed by atoms with van der Waals surface area (Å²) in [5.41, 5.74) is 1.22. The van der Waals surface area contributed by atoms with Gasteiger partial charge >= 0.3 is 0 Å². The quantitative estimate of drug-likeness (QED) is 0.505. The molecule has 1 saturated carbocycles. The molecule has 0 N–H and O–H groups in total. The van der Waals surface area contributed by atoms with E-state index in [0.29, 0.717) is 23.5 Å². The molecule has 2 fully saturated rings. The minimum atomic E-state index is -0.341. The Hall–Kier alpha value is -2.36. The first-order valence-corrected chi connectivity index (χ1v) is 11.9. The van der Waals surface area contributed by atoms with Crippen LogP contribution < -0.4 is 0 Å². The van der Waals surface area contributed by atoms with Crippen molar-refractivity contribution < 1.29 is 18.4 Å². The highest BCUT2D eigenvalue weighted by Crippen LogP contribution is 2.41. The molecule has 3 heterocycles. The molecule has 0 bridgehead atoms. The van der Waals surface area contributed by atoms with Crippen molar-refractivity contribution in [2.75, 3.05) is 33.5 Å². The van der Waals surface area contributed by atoms with Crippen LogP contribution in [0.1, 0.15) is 63.0 Å². The molecule has 0 spiro atoms. The topological polar surface area (TPSA) is 78.4 Å². The number of rotatable bonds is 8. The maximum atomic E-state index is 14.7. The molecule has 3 aromatic rings. The molecule has 0 unspecified atom stereocenters. The van der Waals surface area contributed by atoms with Crippen LogP contribution in [0.4, 0.5) is 4.39 Å². The van der Waals surface area contributed by atoms with E-state index in [2.05, 4.69) is 20.1 Å². The summed E-state index contributed by atoms with van der Waals surface area (Å²) < 4.78 is 32.7. The highest BCUT2D eigenvalue weighted by molar-refractivity contribution is 5.84. The van der Waals surface area contributed by atoms with Crippen LogP contribution >= 0.6 is 0 Å². The minimum Gasteiger partial charge on any atom is -0.383 e. The number of methoxy groups -OCH3 is 1. The summed E-state index contributed by atoms with van der Waals surface area (Å²) >= 11 is 0. The fourth-order valence-corrected chi connectivity index (χ4v) is 5.14. The van der Waals surface area contributed by atoms with Gasteiger partial charge in [-0.2, -0.15) is 14.8 Å². The predicted octanol–water partition coefficient (Wildman–Crippen LogP) is 4.04. The van der Waals surface area contributed by atoms with E-state index in [9.17, 15) is 4.39 Å². The molecule has 0 amide bonds. The molecule has 2 aromatic heterocycles. The van der Waals surface area contributed by atoms with E-state index >= 15 is 0 Å². The van der Waals surface area contributed by atoms with E-state index in [1.54, 1.807) is 13.2 Å². The Morgan fingerprint density at radius 1 is 1.21 bits per heavy atom. The van der Waals surface area contributed by atoms with E-state index in [4.69, 9.17) is 14.0 Å². The van der Waals surface area contributed by atoms with Crippen LogP contribution in [-0.4, -0.2) is 70.4 Å². The standard InChI is InChI=1S/C24H32FN5O3/c1-15(2)21-19-5-4-6-20(25)22(19)30(27-21)24-26-23(33-28-24)16-13-18(14-16)29(9-12-31-3)17-7-10-32-11-8-17/h4-6,15-18H,7-14H2,1-3H3. The Bertz CT molecular complexity index is 1090. The zero-order valence-electron chi connectivity index (χ0n) is 19.5. The Balaban J connectivity index is 1.33. The Morgan fingerprint density at radius 2 is 2.00 bits per heavy atom. The number of halogens is 1. The SMILES string of the molecule is COCCN(C1CCOCC1)C1CC(c2nc(-n3nc(C(C)C)c4cccc(F)c43)no2)C1. The van der Waals surface area contributed by atoms with Gasteiger partial charge in [0, 0.05) is 50.3 Å². The van der Waals surface area contributed by atoms with Crippen molar-refractivity contribution in [3.05, 3.63) is 35.6 Å². The third-order valence-corrected chi connectivity index (χ3v) is 6.99. The predicted molar refractivity (Wildman–Crippen MR) is 121 cm³/mol. The van der Waals surface area contributed by atoms with Crippen LogP contribution in [0.2, 0.25) is 0 Å². The molecule has 0 atom stereocenters. The molecule has 1 saturated heterocycles. The first-order chi connectivity index (χ1) is 16.1. The first kappa shape index (κ1) is 22.4. The maximum absolute atomic E-state index is 14.7. The van der Waals surface area contributed by atoms with Crippen molar-refractivity contribution in [1.82, 2.24) is 24.8 Å². The fourth-order valence-electron chi connectivity index (χ4n) is 5.14. The van der Waals surface area contributed by atoms with Crippen molar-refractivity contribution in [2.45, 2.75) is 63.5 Å². The van der Waals surface area contributed by atoms with Gasteiger partial charge in [-0.3, -0.25) is 4.90 Å². The monoisotopic (exact) mass is 457 g/mol. The van der Waals surface area contributed by atoms with Gasteiger partial charge in [0.05, 0.1) is 12.3 Å². The molecule has 0 radical (unpaired) electrons. The van der Waals surface area contributed by atoms with Gasteiger partial charge < -0.3 is 14.0 Å². The zero-order chi connectivity index (χ0) is 22.9. The smallest absolute Gasteiger partial charge is 0.291 e. The zero-order valence-corrected chi connectivity index (χ0v) is 19.5. The molecular formula is C24H32FN5O3.